The van der Waals surface area contributed by atoms with Crippen LogP contribution in [0.25, 0.3) is 17.1 Å². The van der Waals surface area contributed by atoms with Crippen LogP contribution >= 0.6 is 0 Å². The Kier molecular flexibility index (Phi) is 2.88. The van der Waals surface area contributed by atoms with Gasteiger partial charge in [0.05, 0.1) is 0 Å². The van der Waals surface area contributed by atoms with Crippen LogP contribution in [0.4, 0.5) is 0 Å². The second-order valence-corrected chi connectivity index (χ2v) is 4.64. The molecule has 0 saturated carbocycles. The fraction of sp³-hybridized carbons (Fsp3) is 0.125. The lowest BCUT2D eigenvalue weighted by Crippen LogP contribution is -1.96. The molecule has 3 nitrogen and oxygen atoms in total. The molecular weight excluding hydrogens is 234 g/mol. The fourth-order valence-corrected chi connectivity index (χ4v) is 2.03. The molecule has 1 aromatic carbocycles. The lowest BCUT2D eigenvalue weighted by atomic mass is 10.2. The van der Waals surface area contributed by atoms with E-state index in [1.807, 2.05) is 31.6 Å². The van der Waals surface area contributed by atoms with Gasteiger partial charge in [0, 0.05) is 35.5 Å². The van der Waals surface area contributed by atoms with Crippen molar-refractivity contribution in [1.82, 2.24) is 14.5 Å². The maximum Gasteiger partial charge on any atom is 0.146 e. The zero-order chi connectivity index (χ0) is 13.2. The molecular formula is C16H15N3. The van der Waals surface area contributed by atoms with E-state index in [1.165, 1.54) is 5.56 Å². The first-order valence-electron chi connectivity index (χ1n) is 6.27. The SMILES string of the molecule is Cc1ccc(-n2ccnc2-c2ccc(C)nc2)cc1. The zero-order valence-corrected chi connectivity index (χ0v) is 11.0. The molecule has 0 bridgehead atoms. The average molecular weight is 249 g/mol. The minimum absolute atomic E-state index is 0.913. The van der Waals surface area contributed by atoms with Crippen LogP contribution in [0, 0.1) is 13.8 Å². The van der Waals surface area contributed by atoms with Crippen molar-refractivity contribution in [3.8, 4) is 17.1 Å². The van der Waals surface area contributed by atoms with Crippen molar-refractivity contribution in [3.63, 3.8) is 0 Å². The maximum absolute atomic E-state index is 4.44. The summed E-state index contributed by atoms with van der Waals surface area (Å²) in [7, 11) is 0. The number of aryl methyl sites for hydroxylation is 2. The predicted molar refractivity (Wildman–Crippen MR) is 76.3 cm³/mol. The Morgan fingerprint density at radius 1 is 0.895 bits per heavy atom. The summed E-state index contributed by atoms with van der Waals surface area (Å²) < 4.78 is 2.08. The first-order chi connectivity index (χ1) is 9.24. The van der Waals surface area contributed by atoms with Gasteiger partial charge in [0.2, 0.25) is 0 Å². The molecule has 0 atom stereocenters. The van der Waals surface area contributed by atoms with E-state index >= 15 is 0 Å². The molecule has 94 valence electrons. The molecule has 3 rings (SSSR count). The van der Waals surface area contributed by atoms with Crippen LogP contribution in [0.3, 0.4) is 0 Å². The second-order valence-electron chi connectivity index (χ2n) is 4.64. The fourth-order valence-electron chi connectivity index (χ4n) is 2.03. The van der Waals surface area contributed by atoms with Crippen LogP contribution in [0.1, 0.15) is 11.3 Å². The molecule has 0 unspecified atom stereocenters. The van der Waals surface area contributed by atoms with Crippen LogP contribution in [0.2, 0.25) is 0 Å². The lowest BCUT2D eigenvalue weighted by Gasteiger charge is -2.08. The normalized spacial score (nSPS) is 10.6. The van der Waals surface area contributed by atoms with Crippen LogP contribution in [0.5, 0.6) is 0 Å². The van der Waals surface area contributed by atoms with Crippen LogP contribution < -0.4 is 0 Å². The Bertz CT molecular complexity index is 619. The summed E-state index contributed by atoms with van der Waals surface area (Å²) in [6.45, 7) is 4.07. The molecule has 2 aromatic heterocycles. The summed E-state index contributed by atoms with van der Waals surface area (Å²) in [5.74, 6) is 0.913. The number of hydrogen-bond acceptors (Lipinski definition) is 2. The number of pyridine rings is 1. The lowest BCUT2D eigenvalue weighted by molar-refractivity contribution is 1.06. The summed E-state index contributed by atoms with van der Waals surface area (Å²) in [4.78, 5) is 8.77. The summed E-state index contributed by atoms with van der Waals surface area (Å²) in [5.41, 5.74) is 4.40. The summed E-state index contributed by atoms with van der Waals surface area (Å²) in [5, 5.41) is 0. The third-order valence-corrected chi connectivity index (χ3v) is 3.12. The highest BCUT2D eigenvalue weighted by atomic mass is 15.1. The second kappa shape index (κ2) is 4.69. The number of hydrogen-bond donors (Lipinski definition) is 0. The van der Waals surface area contributed by atoms with E-state index in [-0.39, 0.29) is 0 Å². The highest BCUT2D eigenvalue weighted by molar-refractivity contribution is 5.57. The summed E-state index contributed by atoms with van der Waals surface area (Å²) in [6, 6.07) is 12.5. The zero-order valence-electron chi connectivity index (χ0n) is 11.0. The van der Waals surface area contributed by atoms with E-state index in [1.54, 1.807) is 0 Å². The molecule has 0 N–H and O–H groups in total. The van der Waals surface area contributed by atoms with E-state index in [9.17, 15) is 0 Å². The average Bonchev–Trinajstić information content (AvgIpc) is 2.90. The smallest absolute Gasteiger partial charge is 0.146 e. The van der Waals surface area contributed by atoms with Crippen molar-refractivity contribution in [2.45, 2.75) is 13.8 Å². The number of rotatable bonds is 2. The predicted octanol–water partition coefficient (Wildman–Crippen LogP) is 3.55. The van der Waals surface area contributed by atoms with Crippen molar-refractivity contribution in [1.29, 1.82) is 0 Å². The van der Waals surface area contributed by atoms with E-state index in [2.05, 4.69) is 51.8 Å². The molecule has 0 fully saturated rings. The highest BCUT2D eigenvalue weighted by Crippen LogP contribution is 2.21. The van der Waals surface area contributed by atoms with Crippen molar-refractivity contribution in [3.05, 3.63) is 66.2 Å². The first-order valence-corrected chi connectivity index (χ1v) is 6.27. The Labute approximate surface area is 112 Å². The molecule has 2 heterocycles. The summed E-state index contributed by atoms with van der Waals surface area (Å²) >= 11 is 0. The highest BCUT2D eigenvalue weighted by Gasteiger charge is 2.07. The third-order valence-electron chi connectivity index (χ3n) is 3.12. The topological polar surface area (TPSA) is 30.7 Å². The van der Waals surface area contributed by atoms with Crippen molar-refractivity contribution >= 4 is 0 Å². The quantitative estimate of drug-likeness (QED) is 0.695. The Morgan fingerprint density at radius 2 is 1.68 bits per heavy atom. The van der Waals surface area contributed by atoms with Crippen molar-refractivity contribution in [2.24, 2.45) is 0 Å². The van der Waals surface area contributed by atoms with Crippen LogP contribution in [-0.2, 0) is 0 Å². The van der Waals surface area contributed by atoms with E-state index in [4.69, 9.17) is 0 Å². The monoisotopic (exact) mass is 249 g/mol. The van der Waals surface area contributed by atoms with Gasteiger partial charge in [-0.05, 0) is 38.1 Å². The first kappa shape index (κ1) is 11.7. The largest absolute Gasteiger partial charge is 0.300 e. The number of benzene rings is 1. The molecule has 0 saturated heterocycles. The van der Waals surface area contributed by atoms with Gasteiger partial charge in [-0.1, -0.05) is 17.7 Å². The summed E-state index contributed by atoms with van der Waals surface area (Å²) in [6.07, 6.45) is 5.65. The van der Waals surface area contributed by atoms with Crippen LogP contribution in [-0.4, -0.2) is 14.5 Å². The number of aromatic nitrogens is 3. The van der Waals surface area contributed by atoms with Crippen molar-refractivity contribution in [2.75, 3.05) is 0 Å². The van der Waals surface area contributed by atoms with E-state index in [0.717, 1.165) is 22.8 Å². The minimum Gasteiger partial charge on any atom is -0.300 e. The van der Waals surface area contributed by atoms with E-state index < -0.39 is 0 Å². The Hall–Kier alpha value is -2.42. The van der Waals surface area contributed by atoms with Crippen molar-refractivity contribution < 1.29 is 0 Å². The standard InChI is InChI=1S/C16H15N3/c1-12-3-7-15(8-4-12)19-10-9-17-16(19)14-6-5-13(2)18-11-14/h3-11H,1-2H3. The molecule has 3 heteroatoms. The molecule has 0 aliphatic heterocycles. The van der Waals surface area contributed by atoms with Gasteiger partial charge in [-0.15, -0.1) is 0 Å². The van der Waals surface area contributed by atoms with Gasteiger partial charge in [0.1, 0.15) is 5.82 Å². The van der Waals surface area contributed by atoms with Gasteiger partial charge >= 0.3 is 0 Å². The minimum atomic E-state index is 0.913. The van der Waals surface area contributed by atoms with E-state index in [0.29, 0.717) is 0 Å². The van der Waals surface area contributed by atoms with Gasteiger partial charge in [0.25, 0.3) is 0 Å². The Balaban J connectivity index is 2.07. The molecule has 0 radical (unpaired) electrons. The number of imidazole rings is 1. The maximum atomic E-state index is 4.44. The molecule has 0 aliphatic carbocycles. The van der Waals surface area contributed by atoms with Gasteiger partial charge in [-0.2, -0.15) is 0 Å². The van der Waals surface area contributed by atoms with Gasteiger partial charge in [0.15, 0.2) is 0 Å². The molecule has 19 heavy (non-hydrogen) atoms. The van der Waals surface area contributed by atoms with Gasteiger partial charge in [-0.25, -0.2) is 4.98 Å². The van der Waals surface area contributed by atoms with Gasteiger partial charge in [-0.3, -0.25) is 9.55 Å². The van der Waals surface area contributed by atoms with Crippen LogP contribution in [0.15, 0.2) is 55.0 Å². The number of nitrogens with zero attached hydrogens (tertiary/aromatic N) is 3. The molecule has 0 amide bonds. The molecule has 0 spiro atoms. The molecule has 3 aromatic rings. The Morgan fingerprint density at radius 3 is 2.37 bits per heavy atom. The molecule has 0 aliphatic rings. The van der Waals surface area contributed by atoms with Gasteiger partial charge < -0.3 is 0 Å². The third kappa shape index (κ3) is 2.27.